The Morgan fingerprint density at radius 1 is 0.968 bits per heavy atom. The second-order valence-corrected chi connectivity index (χ2v) is 21.9. The minimum atomic E-state index is -1.77. The van der Waals surface area contributed by atoms with E-state index >= 15 is 0 Å². The molecule has 176 valence electrons. The largest absolute Gasteiger partial charge is 0.415 e. The van der Waals surface area contributed by atoms with Crippen LogP contribution in [0.4, 0.5) is 0 Å². The van der Waals surface area contributed by atoms with Gasteiger partial charge >= 0.3 is 0 Å². The van der Waals surface area contributed by atoms with E-state index in [1.54, 1.807) is 0 Å². The van der Waals surface area contributed by atoms with Gasteiger partial charge in [0, 0.05) is 11.7 Å². The zero-order valence-electron chi connectivity index (χ0n) is 21.6. The van der Waals surface area contributed by atoms with E-state index in [-0.39, 0.29) is 22.2 Å². The second-order valence-electron chi connectivity index (χ2n) is 12.3. The molecule has 0 aliphatic carbocycles. The van der Waals surface area contributed by atoms with Gasteiger partial charge in [0.25, 0.3) is 0 Å². The van der Waals surface area contributed by atoms with Crippen molar-refractivity contribution in [3.8, 4) is 6.07 Å². The molecule has 2 aliphatic heterocycles. The summed E-state index contributed by atoms with van der Waals surface area (Å²) in [4.78, 5) is 4.90. The van der Waals surface area contributed by atoms with Gasteiger partial charge in [0.15, 0.2) is 16.6 Å². The zero-order chi connectivity index (χ0) is 23.7. The van der Waals surface area contributed by atoms with Crippen molar-refractivity contribution in [3.05, 3.63) is 11.3 Å². The molecule has 0 aromatic carbocycles. The highest BCUT2D eigenvalue weighted by atomic mass is 28.4. The molecule has 2 atom stereocenters. The quantitative estimate of drug-likeness (QED) is 0.362. The fourth-order valence-corrected chi connectivity index (χ4v) is 5.44. The van der Waals surface area contributed by atoms with Gasteiger partial charge in [-0.15, -0.1) is 0 Å². The molecule has 0 aromatic rings. The van der Waals surface area contributed by atoms with Crippen LogP contribution in [-0.4, -0.2) is 47.6 Å². The monoisotopic (exact) mass is 463 g/mol. The molecule has 0 bridgehead atoms. The van der Waals surface area contributed by atoms with Crippen LogP contribution in [0, 0.1) is 11.3 Å². The van der Waals surface area contributed by atoms with E-state index in [0.29, 0.717) is 13.2 Å². The Kier molecular flexibility index (Phi) is 8.06. The Labute approximate surface area is 193 Å². The lowest BCUT2D eigenvalue weighted by atomic mass is 10.1. The number of hydrogen-bond donors (Lipinski definition) is 1. The molecule has 2 aliphatic rings. The van der Waals surface area contributed by atoms with Crippen molar-refractivity contribution in [3.63, 3.8) is 0 Å². The summed E-state index contributed by atoms with van der Waals surface area (Å²) in [6.45, 7) is 24.1. The SMILES string of the molecule is CC(C)(C)[Si](C)(C)OC[C@@H]1CCC(/C(C#N)=C2/CC[C@H](CO[Si](C)(C)C(C)(C)C)N2)=N1. The highest BCUT2D eigenvalue weighted by Crippen LogP contribution is 2.38. The molecular formula is C24H45N3O2Si2. The van der Waals surface area contributed by atoms with Crippen molar-refractivity contribution in [2.45, 2.75) is 116 Å². The van der Waals surface area contributed by atoms with Crippen molar-refractivity contribution < 1.29 is 8.85 Å². The predicted octanol–water partition coefficient (Wildman–Crippen LogP) is 6.16. The number of nitrogens with zero attached hydrogens (tertiary/aromatic N) is 2. The average molecular weight is 464 g/mol. The minimum absolute atomic E-state index is 0.173. The molecule has 0 spiro atoms. The lowest BCUT2D eigenvalue weighted by molar-refractivity contribution is 0.255. The Hall–Kier alpha value is -0.946. The van der Waals surface area contributed by atoms with E-state index in [0.717, 1.165) is 42.7 Å². The van der Waals surface area contributed by atoms with E-state index in [1.807, 2.05) is 0 Å². The second kappa shape index (κ2) is 9.50. The van der Waals surface area contributed by atoms with Crippen LogP contribution in [0.5, 0.6) is 0 Å². The first-order valence-corrected chi connectivity index (χ1v) is 17.6. The van der Waals surface area contributed by atoms with Gasteiger partial charge in [-0.3, -0.25) is 4.99 Å². The van der Waals surface area contributed by atoms with Crippen LogP contribution in [-0.2, 0) is 8.85 Å². The van der Waals surface area contributed by atoms with Gasteiger partial charge in [-0.25, -0.2) is 0 Å². The fraction of sp³-hybridized carbons (Fsp3) is 0.833. The summed E-state index contributed by atoms with van der Waals surface area (Å²) in [5.74, 6) is 0. The van der Waals surface area contributed by atoms with Gasteiger partial charge in [-0.05, 0) is 61.9 Å². The van der Waals surface area contributed by atoms with Gasteiger partial charge in [-0.2, -0.15) is 5.26 Å². The van der Waals surface area contributed by atoms with E-state index in [9.17, 15) is 5.26 Å². The maximum Gasteiger partial charge on any atom is 0.192 e. The van der Waals surface area contributed by atoms with Crippen molar-refractivity contribution in [2.75, 3.05) is 13.2 Å². The lowest BCUT2D eigenvalue weighted by Crippen LogP contribution is -2.43. The zero-order valence-corrected chi connectivity index (χ0v) is 23.6. The summed E-state index contributed by atoms with van der Waals surface area (Å²) in [6, 6.07) is 2.90. The van der Waals surface area contributed by atoms with Crippen molar-refractivity contribution >= 4 is 22.3 Å². The highest BCUT2D eigenvalue weighted by Gasteiger charge is 2.39. The van der Waals surface area contributed by atoms with Crippen LogP contribution in [0.3, 0.4) is 0 Å². The third kappa shape index (κ3) is 6.53. The van der Waals surface area contributed by atoms with Crippen molar-refractivity contribution in [2.24, 2.45) is 4.99 Å². The Balaban J connectivity index is 1.99. The molecule has 2 heterocycles. The third-order valence-electron chi connectivity index (χ3n) is 7.77. The van der Waals surface area contributed by atoms with Gasteiger partial charge in [0.05, 0.1) is 30.5 Å². The number of aliphatic imine (C=N–C) groups is 1. The first-order valence-electron chi connectivity index (χ1n) is 11.8. The molecule has 7 heteroatoms. The van der Waals surface area contributed by atoms with Gasteiger partial charge in [0.1, 0.15) is 6.07 Å². The standard InChI is InChI=1S/C24H45N3O2Si2/c1-23(2,3)30(7,8)28-16-18-11-13-21(26-18)20(15-25)22-14-12-19(27-22)17-29-31(9,10)24(4,5)6/h18-19,26H,11-14,16-17H2,1-10H3/b21-20-/t18-,19+/m1/s1. The van der Waals surface area contributed by atoms with Crippen LogP contribution in [0.25, 0.3) is 0 Å². The summed E-state index contributed by atoms with van der Waals surface area (Å²) < 4.78 is 12.8. The topological polar surface area (TPSA) is 66.6 Å². The van der Waals surface area contributed by atoms with E-state index < -0.39 is 16.6 Å². The first-order chi connectivity index (χ1) is 14.1. The molecule has 0 amide bonds. The maximum atomic E-state index is 9.87. The van der Waals surface area contributed by atoms with Crippen LogP contribution in [0.2, 0.25) is 36.3 Å². The van der Waals surface area contributed by atoms with E-state index in [4.69, 9.17) is 13.8 Å². The van der Waals surface area contributed by atoms with E-state index in [2.05, 4.69) is 79.1 Å². The van der Waals surface area contributed by atoms with Gasteiger partial charge in [-0.1, -0.05) is 41.5 Å². The third-order valence-corrected chi connectivity index (χ3v) is 16.8. The maximum absolute atomic E-state index is 9.87. The Bertz CT molecular complexity index is 752. The number of rotatable bonds is 7. The van der Waals surface area contributed by atoms with E-state index in [1.165, 1.54) is 0 Å². The lowest BCUT2D eigenvalue weighted by Gasteiger charge is -2.37. The molecule has 1 saturated heterocycles. The summed E-state index contributed by atoms with van der Waals surface area (Å²) in [5.41, 5.74) is 2.76. The van der Waals surface area contributed by atoms with Crippen LogP contribution in [0.1, 0.15) is 67.2 Å². The van der Waals surface area contributed by atoms with Gasteiger partial charge < -0.3 is 14.2 Å². The minimum Gasteiger partial charge on any atom is -0.415 e. The Morgan fingerprint density at radius 3 is 2.03 bits per heavy atom. The summed E-state index contributed by atoms with van der Waals surface area (Å²) in [7, 11) is -3.53. The number of hydrogen-bond acceptors (Lipinski definition) is 5. The average Bonchev–Trinajstić information content (AvgIpc) is 3.27. The molecule has 1 fully saturated rings. The van der Waals surface area contributed by atoms with Crippen LogP contribution < -0.4 is 5.32 Å². The summed E-state index contributed by atoms with van der Waals surface area (Å²) in [5, 5.41) is 13.9. The number of allylic oxidation sites excluding steroid dienone is 2. The molecule has 5 nitrogen and oxygen atoms in total. The van der Waals surface area contributed by atoms with Crippen LogP contribution >= 0.6 is 0 Å². The van der Waals surface area contributed by atoms with Crippen molar-refractivity contribution in [1.29, 1.82) is 5.26 Å². The predicted molar refractivity (Wildman–Crippen MR) is 136 cm³/mol. The summed E-state index contributed by atoms with van der Waals surface area (Å²) >= 11 is 0. The molecule has 0 radical (unpaired) electrons. The molecule has 0 aromatic heterocycles. The molecular weight excluding hydrogens is 418 g/mol. The molecule has 1 N–H and O–H groups in total. The number of nitrogens with one attached hydrogen (secondary N) is 1. The highest BCUT2D eigenvalue weighted by molar-refractivity contribution is 6.74. The molecule has 31 heavy (non-hydrogen) atoms. The van der Waals surface area contributed by atoms with Crippen LogP contribution in [0.15, 0.2) is 16.3 Å². The molecule has 0 unspecified atom stereocenters. The number of nitriles is 1. The summed E-state index contributed by atoms with van der Waals surface area (Å²) in [6.07, 6.45) is 3.75. The van der Waals surface area contributed by atoms with Crippen molar-refractivity contribution in [1.82, 2.24) is 5.32 Å². The molecule has 0 saturated carbocycles. The normalized spacial score (nSPS) is 24.6. The fourth-order valence-electron chi connectivity index (χ4n) is 3.35. The van der Waals surface area contributed by atoms with Gasteiger partial charge in [0.2, 0.25) is 0 Å². The Morgan fingerprint density at radius 2 is 1.52 bits per heavy atom. The molecule has 2 rings (SSSR count). The smallest absolute Gasteiger partial charge is 0.192 e. The first kappa shape index (κ1) is 26.3.